The van der Waals surface area contributed by atoms with E-state index in [2.05, 4.69) is 5.16 Å². The number of nitrogens with zero attached hydrogens (tertiary/aromatic N) is 2. The van der Waals surface area contributed by atoms with Gasteiger partial charge in [-0.15, -0.1) is 0 Å². The molecule has 7 heteroatoms. The standard InChI is InChI=1S/C25H24N2O5/c1-4-12-31-19-7-5-6-18(14-19)22-21(23(28)17-10-8-15(2)9-11-17)24(29)25(30)27(22)20-13-16(3)32-26-20/h5-11,13-14,22,28H,4,12H2,1-3H3/t22-/m1/s1. The maximum atomic E-state index is 13.1. The molecule has 7 nitrogen and oxygen atoms in total. The number of aryl methyl sites for hydroxylation is 2. The number of hydrogen-bond donors (Lipinski definition) is 1. The highest BCUT2D eigenvalue weighted by atomic mass is 16.5. The van der Waals surface area contributed by atoms with Crippen LogP contribution in [0.25, 0.3) is 5.76 Å². The summed E-state index contributed by atoms with van der Waals surface area (Å²) in [6.07, 6.45) is 0.842. The minimum atomic E-state index is -0.883. The van der Waals surface area contributed by atoms with Crippen LogP contribution in [0.2, 0.25) is 0 Å². The third-order valence-corrected chi connectivity index (χ3v) is 5.28. The molecule has 1 aliphatic rings. The fourth-order valence-electron chi connectivity index (χ4n) is 3.71. The van der Waals surface area contributed by atoms with Gasteiger partial charge in [0.25, 0.3) is 5.78 Å². The number of carbonyl (C=O) groups is 2. The number of Topliss-reactive ketones (excluding diaryl/α,β-unsaturated/α-hetero) is 1. The molecular weight excluding hydrogens is 408 g/mol. The number of aliphatic hydroxyl groups excluding tert-OH is 1. The zero-order valence-corrected chi connectivity index (χ0v) is 18.2. The summed E-state index contributed by atoms with van der Waals surface area (Å²) in [5.74, 6) is -0.486. The SMILES string of the molecule is CCCOc1cccc([C@@H]2C(=C(O)c3ccc(C)cc3)C(=O)C(=O)N2c2cc(C)on2)c1. The van der Waals surface area contributed by atoms with Crippen molar-refractivity contribution in [1.29, 1.82) is 0 Å². The highest BCUT2D eigenvalue weighted by Gasteiger charge is 2.48. The van der Waals surface area contributed by atoms with Gasteiger partial charge >= 0.3 is 5.91 Å². The monoisotopic (exact) mass is 432 g/mol. The summed E-state index contributed by atoms with van der Waals surface area (Å²) < 4.78 is 10.9. The lowest BCUT2D eigenvalue weighted by atomic mass is 9.95. The second kappa shape index (κ2) is 8.70. The van der Waals surface area contributed by atoms with Crippen molar-refractivity contribution in [2.45, 2.75) is 33.2 Å². The molecule has 1 aliphatic heterocycles. The number of carbonyl (C=O) groups excluding carboxylic acids is 2. The zero-order valence-electron chi connectivity index (χ0n) is 18.2. The first kappa shape index (κ1) is 21.4. The van der Waals surface area contributed by atoms with Gasteiger partial charge in [0, 0.05) is 11.6 Å². The molecule has 0 aliphatic carbocycles. The van der Waals surface area contributed by atoms with Gasteiger partial charge in [-0.2, -0.15) is 0 Å². The van der Waals surface area contributed by atoms with Crippen molar-refractivity contribution in [3.8, 4) is 5.75 Å². The summed E-state index contributed by atoms with van der Waals surface area (Å²) >= 11 is 0. The van der Waals surface area contributed by atoms with E-state index in [1.165, 1.54) is 4.90 Å². The Labute approximate surface area is 185 Å². The number of anilines is 1. The maximum absolute atomic E-state index is 13.1. The summed E-state index contributed by atoms with van der Waals surface area (Å²) in [5.41, 5.74) is 2.07. The Hall–Kier alpha value is -3.87. The van der Waals surface area contributed by atoms with Crippen LogP contribution in [-0.4, -0.2) is 28.6 Å². The van der Waals surface area contributed by atoms with Gasteiger partial charge in [-0.25, -0.2) is 0 Å². The molecule has 32 heavy (non-hydrogen) atoms. The first-order valence-corrected chi connectivity index (χ1v) is 10.4. The number of hydrogen-bond acceptors (Lipinski definition) is 6. The van der Waals surface area contributed by atoms with Crippen molar-refractivity contribution in [2.75, 3.05) is 11.5 Å². The Kier molecular flexibility index (Phi) is 5.81. The average molecular weight is 432 g/mol. The quantitative estimate of drug-likeness (QED) is 0.345. The van der Waals surface area contributed by atoms with Crippen LogP contribution in [0.4, 0.5) is 5.82 Å². The lowest BCUT2D eigenvalue weighted by molar-refractivity contribution is -0.132. The van der Waals surface area contributed by atoms with Gasteiger partial charge < -0.3 is 14.4 Å². The Morgan fingerprint density at radius 3 is 2.53 bits per heavy atom. The molecule has 1 amide bonds. The topological polar surface area (TPSA) is 92.9 Å². The molecule has 2 aromatic carbocycles. The van der Waals surface area contributed by atoms with Gasteiger partial charge in [0.15, 0.2) is 5.82 Å². The van der Waals surface area contributed by atoms with Gasteiger partial charge in [-0.05, 0) is 38.0 Å². The van der Waals surface area contributed by atoms with Crippen LogP contribution in [0.5, 0.6) is 5.75 Å². The number of aromatic nitrogens is 1. The Balaban J connectivity index is 1.90. The van der Waals surface area contributed by atoms with E-state index in [4.69, 9.17) is 9.26 Å². The van der Waals surface area contributed by atoms with E-state index < -0.39 is 17.7 Å². The third-order valence-electron chi connectivity index (χ3n) is 5.28. The average Bonchev–Trinajstić information content (AvgIpc) is 3.33. The minimum Gasteiger partial charge on any atom is -0.507 e. The smallest absolute Gasteiger partial charge is 0.301 e. The van der Waals surface area contributed by atoms with E-state index in [1.807, 2.05) is 32.0 Å². The van der Waals surface area contributed by atoms with Crippen LogP contribution >= 0.6 is 0 Å². The van der Waals surface area contributed by atoms with Gasteiger partial charge in [0.1, 0.15) is 17.3 Å². The molecule has 0 bridgehead atoms. The molecule has 2 heterocycles. The lowest BCUT2D eigenvalue weighted by Crippen LogP contribution is -2.29. The largest absolute Gasteiger partial charge is 0.507 e. The number of ether oxygens (including phenoxy) is 1. The van der Waals surface area contributed by atoms with Crippen molar-refractivity contribution >= 4 is 23.3 Å². The van der Waals surface area contributed by atoms with Crippen molar-refractivity contribution in [3.05, 3.63) is 82.6 Å². The molecule has 4 rings (SSSR count). The number of amides is 1. The summed E-state index contributed by atoms with van der Waals surface area (Å²) in [6.45, 7) is 6.17. The molecule has 1 N–H and O–H groups in total. The molecule has 1 atom stereocenters. The van der Waals surface area contributed by atoms with Gasteiger partial charge in [0.05, 0.1) is 18.2 Å². The van der Waals surface area contributed by atoms with E-state index in [0.717, 1.165) is 12.0 Å². The molecule has 0 spiro atoms. The number of aliphatic hydroxyl groups is 1. The van der Waals surface area contributed by atoms with E-state index in [0.29, 0.717) is 29.2 Å². The fraction of sp³-hybridized carbons (Fsp3) is 0.240. The molecule has 1 saturated heterocycles. The maximum Gasteiger partial charge on any atom is 0.301 e. The van der Waals surface area contributed by atoms with E-state index in [1.54, 1.807) is 43.3 Å². The second-order valence-electron chi connectivity index (χ2n) is 7.75. The van der Waals surface area contributed by atoms with E-state index in [9.17, 15) is 14.7 Å². The van der Waals surface area contributed by atoms with Crippen LogP contribution in [0.15, 0.2) is 64.7 Å². The first-order valence-electron chi connectivity index (χ1n) is 10.4. The van der Waals surface area contributed by atoms with Crippen LogP contribution in [0.3, 0.4) is 0 Å². The number of benzene rings is 2. The molecular formula is C25H24N2O5. The zero-order chi connectivity index (χ0) is 22.8. The predicted molar refractivity (Wildman–Crippen MR) is 119 cm³/mol. The molecule has 164 valence electrons. The van der Waals surface area contributed by atoms with Crippen LogP contribution in [0, 0.1) is 13.8 Å². The Bertz CT molecular complexity index is 1190. The number of ketones is 1. The van der Waals surface area contributed by atoms with Gasteiger partial charge in [0.2, 0.25) is 0 Å². The third kappa shape index (κ3) is 3.89. The molecule has 1 aromatic heterocycles. The van der Waals surface area contributed by atoms with Crippen molar-refractivity contribution in [3.63, 3.8) is 0 Å². The molecule has 0 unspecified atom stereocenters. The highest BCUT2D eigenvalue weighted by molar-refractivity contribution is 6.51. The minimum absolute atomic E-state index is 0.00727. The second-order valence-corrected chi connectivity index (χ2v) is 7.75. The normalized spacial score (nSPS) is 17.7. The van der Waals surface area contributed by atoms with Crippen LogP contribution < -0.4 is 9.64 Å². The van der Waals surface area contributed by atoms with Crippen LogP contribution in [-0.2, 0) is 9.59 Å². The summed E-state index contributed by atoms with van der Waals surface area (Å²) in [6, 6.07) is 15.0. The Morgan fingerprint density at radius 2 is 1.88 bits per heavy atom. The van der Waals surface area contributed by atoms with Crippen molar-refractivity contribution in [2.24, 2.45) is 0 Å². The van der Waals surface area contributed by atoms with Gasteiger partial charge in [-0.3, -0.25) is 14.5 Å². The van der Waals surface area contributed by atoms with Gasteiger partial charge in [-0.1, -0.05) is 54.0 Å². The molecule has 0 radical (unpaired) electrons. The molecule has 0 saturated carbocycles. The van der Waals surface area contributed by atoms with Crippen LogP contribution in [0.1, 0.15) is 41.8 Å². The first-order chi connectivity index (χ1) is 15.4. The Morgan fingerprint density at radius 1 is 1.12 bits per heavy atom. The molecule has 1 fully saturated rings. The summed E-state index contributed by atoms with van der Waals surface area (Å²) in [5, 5.41) is 15.1. The highest BCUT2D eigenvalue weighted by Crippen LogP contribution is 2.42. The summed E-state index contributed by atoms with van der Waals surface area (Å²) in [7, 11) is 0. The fourth-order valence-corrected chi connectivity index (χ4v) is 3.71. The van der Waals surface area contributed by atoms with E-state index in [-0.39, 0.29) is 17.2 Å². The predicted octanol–water partition coefficient (Wildman–Crippen LogP) is 4.71. The number of rotatable bonds is 6. The molecule has 3 aromatic rings. The van der Waals surface area contributed by atoms with Crippen molar-refractivity contribution < 1.29 is 24.0 Å². The van der Waals surface area contributed by atoms with E-state index >= 15 is 0 Å². The van der Waals surface area contributed by atoms with Crippen molar-refractivity contribution in [1.82, 2.24) is 5.16 Å². The lowest BCUT2D eigenvalue weighted by Gasteiger charge is -2.23. The summed E-state index contributed by atoms with van der Waals surface area (Å²) in [4.78, 5) is 27.5.